The number of benzene rings is 5. The molecule has 0 bridgehead atoms. The van der Waals surface area contributed by atoms with E-state index in [9.17, 15) is 0 Å². The fourth-order valence-corrected chi connectivity index (χ4v) is 6.16. The predicted octanol–water partition coefficient (Wildman–Crippen LogP) is 7.83. The second-order valence-corrected chi connectivity index (χ2v) is 9.47. The molecule has 2 nitrogen and oxygen atoms in total. The second kappa shape index (κ2) is 7.16. The van der Waals surface area contributed by atoms with Crippen molar-refractivity contribution in [2.45, 2.75) is 5.60 Å². The molecular weight excluding hydrogens is 438 g/mol. The van der Waals surface area contributed by atoms with Crippen molar-refractivity contribution in [2.24, 2.45) is 4.99 Å². The Hall–Kier alpha value is -4.69. The fraction of sp³-hybridized carbons (Fsp3) is 0.0294. The highest BCUT2D eigenvalue weighted by atomic mass is 16.5. The lowest BCUT2D eigenvalue weighted by atomic mass is 9.84. The van der Waals surface area contributed by atoms with Crippen molar-refractivity contribution in [1.29, 1.82) is 0 Å². The van der Waals surface area contributed by atoms with Gasteiger partial charge in [-0.1, -0.05) is 115 Å². The number of hydrogen-bond acceptors (Lipinski definition) is 2. The van der Waals surface area contributed by atoms with Gasteiger partial charge in [0, 0.05) is 22.3 Å². The lowest BCUT2D eigenvalue weighted by molar-refractivity contribution is 0.162. The molecule has 1 spiro atoms. The van der Waals surface area contributed by atoms with Crippen molar-refractivity contribution >= 4 is 11.5 Å². The minimum atomic E-state index is -0.821. The van der Waals surface area contributed by atoms with E-state index in [2.05, 4.69) is 109 Å². The smallest absolute Gasteiger partial charge is 0.222 e. The fourth-order valence-electron chi connectivity index (χ4n) is 6.16. The van der Waals surface area contributed by atoms with Crippen LogP contribution in [0.15, 0.2) is 138 Å². The van der Waals surface area contributed by atoms with Crippen LogP contribution < -0.4 is 0 Å². The summed E-state index contributed by atoms with van der Waals surface area (Å²) in [6, 6.07) is 44.8. The maximum atomic E-state index is 7.10. The van der Waals surface area contributed by atoms with Crippen LogP contribution in [-0.4, -0.2) is 5.90 Å². The van der Waals surface area contributed by atoms with Crippen molar-refractivity contribution in [3.63, 3.8) is 0 Å². The molecule has 1 heterocycles. The molecule has 3 aliphatic rings. The van der Waals surface area contributed by atoms with Gasteiger partial charge < -0.3 is 4.74 Å². The number of fused-ring (bicyclic) bond motifs is 8. The molecule has 0 amide bonds. The lowest BCUT2D eigenvalue weighted by Crippen LogP contribution is -2.29. The predicted molar refractivity (Wildman–Crippen MR) is 145 cm³/mol. The van der Waals surface area contributed by atoms with Crippen LogP contribution in [0.3, 0.4) is 0 Å². The Morgan fingerprint density at radius 3 is 1.44 bits per heavy atom. The number of rotatable bonds is 1. The Labute approximate surface area is 209 Å². The Bertz CT molecular complexity index is 1670. The minimum absolute atomic E-state index is 0.659. The summed E-state index contributed by atoms with van der Waals surface area (Å²) in [6.45, 7) is 0. The molecule has 2 heteroatoms. The van der Waals surface area contributed by atoms with Crippen LogP contribution >= 0.6 is 0 Å². The molecule has 0 aromatic heterocycles. The van der Waals surface area contributed by atoms with E-state index in [4.69, 9.17) is 9.73 Å². The van der Waals surface area contributed by atoms with E-state index in [1.165, 1.54) is 33.4 Å². The lowest BCUT2D eigenvalue weighted by Gasteiger charge is -2.29. The Morgan fingerprint density at radius 2 is 0.889 bits per heavy atom. The van der Waals surface area contributed by atoms with Gasteiger partial charge in [0.25, 0.3) is 0 Å². The monoisotopic (exact) mass is 459 g/mol. The summed E-state index contributed by atoms with van der Waals surface area (Å²) in [5.41, 5.74) is 11.9. The third-order valence-corrected chi connectivity index (χ3v) is 7.64. The van der Waals surface area contributed by atoms with Crippen LogP contribution in [0.25, 0.3) is 27.8 Å². The summed E-state index contributed by atoms with van der Waals surface area (Å²) >= 11 is 0. The molecule has 168 valence electrons. The van der Waals surface area contributed by atoms with Gasteiger partial charge in [-0.2, -0.15) is 0 Å². The number of ether oxygens (including phenoxy) is 1. The van der Waals surface area contributed by atoms with E-state index in [0.29, 0.717) is 5.90 Å². The molecule has 1 aliphatic heterocycles. The van der Waals surface area contributed by atoms with Crippen LogP contribution in [0.2, 0.25) is 0 Å². The van der Waals surface area contributed by atoms with Crippen LogP contribution in [0, 0.1) is 0 Å². The van der Waals surface area contributed by atoms with E-state index >= 15 is 0 Å². The summed E-state index contributed by atoms with van der Waals surface area (Å²) in [5, 5.41) is 0. The Balaban J connectivity index is 1.53. The molecule has 0 unspecified atom stereocenters. The number of hydrogen-bond donors (Lipinski definition) is 0. The van der Waals surface area contributed by atoms with Crippen molar-refractivity contribution in [2.75, 3.05) is 0 Å². The zero-order valence-corrected chi connectivity index (χ0v) is 19.5. The number of nitrogens with zero attached hydrogens (tertiary/aromatic N) is 1. The molecule has 0 saturated heterocycles. The normalized spacial score (nSPS) is 15.7. The highest BCUT2D eigenvalue weighted by Crippen LogP contribution is 2.60. The van der Waals surface area contributed by atoms with Crippen molar-refractivity contribution in [3.8, 4) is 22.3 Å². The first-order chi connectivity index (χ1) is 17.9. The average molecular weight is 460 g/mol. The van der Waals surface area contributed by atoms with Gasteiger partial charge in [0.1, 0.15) is 5.70 Å². The maximum absolute atomic E-state index is 7.10. The van der Waals surface area contributed by atoms with Gasteiger partial charge in [0.05, 0.1) is 0 Å². The number of aliphatic imine (C=N–C) groups is 1. The summed E-state index contributed by atoms with van der Waals surface area (Å²) in [4.78, 5) is 5.35. The highest BCUT2D eigenvalue weighted by Gasteiger charge is 2.54. The Morgan fingerprint density at radius 1 is 0.444 bits per heavy atom. The molecule has 0 saturated carbocycles. The molecule has 0 atom stereocenters. The highest BCUT2D eigenvalue weighted by molar-refractivity contribution is 6.07. The van der Waals surface area contributed by atoms with Crippen molar-refractivity contribution < 1.29 is 4.74 Å². The van der Waals surface area contributed by atoms with Crippen molar-refractivity contribution in [3.05, 3.63) is 161 Å². The molecule has 8 rings (SSSR count). The van der Waals surface area contributed by atoms with Gasteiger partial charge in [-0.25, -0.2) is 4.99 Å². The third-order valence-electron chi connectivity index (χ3n) is 7.64. The van der Waals surface area contributed by atoms with E-state index in [-0.39, 0.29) is 0 Å². The van der Waals surface area contributed by atoms with E-state index in [1.54, 1.807) is 0 Å². The largest absolute Gasteiger partial charge is 0.454 e. The SMILES string of the molecule is c1ccc(C2=NC(=C3c4ccccc4-c4ccccc43)C3(O2)c2ccccc2-c2ccccc23)cc1. The Kier molecular flexibility index (Phi) is 3.90. The van der Waals surface area contributed by atoms with Crippen LogP contribution in [0.4, 0.5) is 0 Å². The van der Waals surface area contributed by atoms with Gasteiger partial charge in [-0.15, -0.1) is 0 Å². The zero-order valence-electron chi connectivity index (χ0n) is 19.5. The topological polar surface area (TPSA) is 21.6 Å². The van der Waals surface area contributed by atoms with Crippen LogP contribution in [0.1, 0.15) is 27.8 Å². The van der Waals surface area contributed by atoms with Crippen LogP contribution in [0.5, 0.6) is 0 Å². The molecule has 0 radical (unpaired) electrons. The van der Waals surface area contributed by atoms with E-state index in [1.807, 2.05) is 18.2 Å². The molecular formula is C34H21NO. The molecule has 0 fully saturated rings. The summed E-state index contributed by atoms with van der Waals surface area (Å²) in [7, 11) is 0. The van der Waals surface area contributed by atoms with Gasteiger partial charge >= 0.3 is 0 Å². The molecule has 5 aromatic carbocycles. The van der Waals surface area contributed by atoms with Gasteiger partial charge in [0.15, 0.2) is 0 Å². The molecule has 36 heavy (non-hydrogen) atoms. The van der Waals surface area contributed by atoms with E-state index < -0.39 is 5.60 Å². The van der Waals surface area contributed by atoms with Gasteiger partial charge in [-0.3, -0.25) is 0 Å². The summed E-state index contributed by atoms with van der Waals surface area (Å²) in [6.07, 6.45) is 0. The average Bonchev–Trinajstić information content (AvgIpc) is 3.59. The van der Waals surface area contributed by atoms with Crippen LogP contribution in [-0.2, 0) is 10.3 Å². The molecule has 0 N–H and O–H groups in total. The third kappa shape index (κ3) is 2.43. The second-order valence-electron chi connectivity index (χ2n) is 9.47. The van der Waals surface area contributed by atoms with Gasteiger partial charge in [-0.05, 0) is 45.5 Å². The minimum Gasteiger partial charge on any atom is -0.454 e. The molecule has 5 aromatic rings. The first kappa shape index (κ1) is 19.6. The first-order valence-corrected chi connectivity index (χ1v) is 12.3. The van der Waals surface area contributed by atoms with E-state index in [0.717, 1.165) is 28.0 Å². The summed E-state index contributed by atoms with van der Waals surface area (Å²) < 4.78 is 7.10. The maximum Gasteiger partial charge on any atom is 0.222 e. The quantitative estimate of drug-likeness (QED) is 0.246. The first-order valence-electron chi connectivity index (χ1n) is 12.3. The molecule has 2 aliphatic carbocycles. The van der Waals surface area contributed by atoms with Crippen molar-refractivity contribution in [1.82, 2.24) is 0 Å². The zero-order chi connectivity index (χ0) is 23.7. The standard InChI is InChI=1S/C34H21NO/c1-2-12-22(13-3-1)33-35-32(31-27-18-6-4-14-23(27)24-15-5-7-19-28(24)31)34(36-33)29-20-10-8-16-25(29)26-17-9-11-21-30(26)34/h1-21H. The van der Waals surface area contributed by atoms with Gasteiger partial charge in [0.2, 0.25) is 11.5 Å². The summed E-state index contributed by atoms with van der Waals surface area (Å²) in [5.74, 6) is 0.659.